The van der Waals surface area contributed by atoms with Crippen molar-refractivity contribution in [2.24, 2.45) is 17.8 Å². The molecule has 0 spiro atoms. The van der Waals surface area contributed by atoms with Crippen molar-refractivity contribution in [3.8, 4) is 0 Å². The van der Waals surface area contributed by atoms with Gasteiger partial charge in [-0.1, -0.05) is 6.42 Å². The third-order valence-electron chi connectivity index (χ3n) is 6.06. The van der Waals surface area contributed by atoms with Gasteiger partial charge in [0.05, 0.1) is 4.90 Å². The molecule has 3 aliphatic rings. The van der Waals surface area contributed by atoms with Crippen LogP contribution in [-0.2, 0) is 21.2 Å². The Kier molecular flexibility index (Phi) is 3.92. The molecule has 1 aromatic rings. The fraction of sp³-hybridized carbons (Fsp3) is 0.611. The Bertz CT molecular complexity index is 774. The molecule has 1 aromatic carbocycles. The van der Waals surface area contributed by atoms with Gasteiger partial charge in [-0.2, -0.15) is 0 Å². The molecule has 2 N–H and O–H groups in total. The molecule has 2 saturated carbocycles. The highest BCUT2D eigenvalue weighted by Crippen LogP contribution is 2.49. The van der Waals surface area contributed by atoms with Crippen LogP contribution in [-0.4, -0.2) is 20.4 Å². The van der Waals surface area contributed by atoms with Crippen molar-refractivity contribution in [1.82, 2.24) is 4.72 Å². The maximum Gasteiger partial charge on any atom is 0.240 e. The van der Waals surface area contributed by atoms with Crippen molar-refractivity contribution in [3.05, 3.63) is 23.8 Å². The van der Waals surface area contributed by atoms with Gasteiger partial charge in [-0.15, -0.1) is 0 Å². The number of hydrogen-bond donors (Lipinski definition) is 2. The van der Waals surface area contributed by atoms with Crippen LogP contribution in [0.5, 0.6) is 0 Å². The predicted molar refractivity (Wildman–Crippen MR) is 92.1 cm³/mol. The summed E-state index contributed by atoms with van der Waals surface area (Å²) in [6.07, 6.45) is 5.99. The Morgan fingerprint density at radius 3 is 2.75 bits per heavy atom. The fourth-order valence-electron chi connectivity index (χ4n) is 4.83. The molecule has 0 aromatic heterocycles. The summed E-state index contributed by atoms with van der Waals surface area (Å²) in [5.41, 5.74) is 1.62. The lowest BCUT2D eigenvalue weighted by molar-refractivity contribution is -0.116. The zero-order valence-corrected chi connectivity index (χ0v) is 14.7. The number of carbonyl (C=O) groups excluding carboxylic acids is 1. The second-order valence-corrected chi connectivity index (χ2v) is 9.33. The van der Waals surface area contributed by atoms with E-state index in [0.717, 1.165) is 23.6 Å². The van der Waals surface area contributed by atoms with Crippen molar-refractivity contribution in [2.75, 3.05) is 5.32 Å². The summed E-state index contributed by atoms with van der Waals surface area (Å²) in [6, 6.07) is 4.95. The fourth-order valence-corrected chi connectivity index (χ4v) is 6.18. The number of benzene rings is 1. The number of amides is 1. The number of fused-ring (bicyclic) bond motifs is 3. The molecule has 2 aliphatic carbocycles. The van der Waals surface area contributed by atoms with E-state index in [9.17, 15) is 13.2 Å². The van der Waals surface area contributed by atoms with Crippen LogP contribution in [0, 0.1) is 17.8 Å². The van der Waals surface area contributed by atoms with Crippen LogP contribution < -0.4 is 10.0 Å². The van der Waals surface area contributed by atoms with Crippen LogP contribution in [0.25, 0.3) is 0 Å². The molecule has 130 valence electrons. The molecule has 1 heterocycles. The first-order chi connectivity index (χ1) is 11.4. The van der Waals surface area contributed by atoms with Crippen LogP contribution >= 0.6 is 0 Å². The smallest absolute Gasteiger partial charge is 0.240 e. The van der Waals surface area contributed by atoms with E-state index in [1.54, 1.807) is 18.2 Å². The van der Waals surface area contributed by atoms with Crippen LogP contribution in [0.3, 0.4) is 0 Å². The van der Waals surface area contributed by atoms with Gasteiger partial charge in [0.2, 0.25) is 15.9 Å². The standard InChI is InChI=1S/C18H24N2O3S/c1-11(16-9-12-2-3-13(16)8-12)20-24(22,23)15-5-6-17-14(10-15)4-7-18(21)19-17/h5-6,10-13,16,20H,2-4,7-9H2,1H3,(H,19,21)/t11-,12+,13+,16+/m1/s1. The van der Waals surface area contributed by atoms with E-state index in [1.807, 2.05) is 6.92 Å². The van der Waals surface area contributed by atoms with E-state index in [0.29, 0.717) is 29.6 Å². The number of carbonyl (C=O) groups is 1. The van der Waals surface area contributed by atoms with Gasteiger partial charge in [-0.25, -0.2) is 13.1 Å². The van der Waals surface area contributed by atoms with Gasteiger partial charge < -0.3 is 5.32 Å². The average molecular weight is 348 g/mol. The zero-order valence-electron chi connectivity index (χ0n) is 13.9. The van der Waals surface area contributed by atoms with Crippen molar-refractivity contribution < 1.29 is 13.2 Å². The summed E-state index contributed by atoms with van der Waals surface area (Å²) in [6.45, 7) is 2.00. The Hall–Kier alpha value is -1.40. The number of hydrogen-bond acceptors (Lipinski definition) is 3. The normalized spacial score (nSPS) is 30.0. The Labute approximate surface area is 143 Å². The molecule has 24 heavy (non-hydrogen) atoms. The number of anilines is 1. The molecule has 0 saturated heterocycles. The molecule has 0 radical (unpaired) electrons. The predicted octanol–water partition coefficient (Wildman–Crippen LogP) is 2.67. The summed E-state index contributed by atoms with van der Waals surface area (Å²) in [5.74, 6) is 1.95. The van der Waals surface area contributed by atoms with E-state index in [-0.39, 0.29) is 11.9 Å². The first-order valence-corrected chi connectivity index (χ1v) is 10.4. The maximum atomic E-state index is 12.8. The second kappa shape index (κ2) is 5.85. The Balaban J connectivity index is 1.51. The monoisotopic (exact) mass is 348 g/mol. The van der Waals surface area contributed by atoms with Crippen LogP contribution in [0.4, 0.5) is 5.69 Å². The van der Waals surface area contributed by atoms with Crippen molar-refractivity contribution in [1.29, 1.82) is 0 Å². The Morgan fingerprint density at radius 1 is 1.21 bits per heavy atom. The second-order valence-electron chi connectivity index (χ2n) is 7.62. The lowest BCUT2D eigenvalue weighted by Gasteiger charge is -2.28. The van der Waals surface area contributed by atoms with Gasteiger partial charge in [0.1, 0.15) is 0 Å². The summed E-state index contributed by atoms with van der Waals surface area (Å²) in [7, 11) is -3.52. The molecule has 4 rings (SSSR count). The van der Waals surface area contributed by atoms with Crippen LogP contribution in [0.15, 0.2) is 23.1 Å². The molecule has 4 atom stereocenters. The van der Waals surface area contributed by atoms with Gasteiger partial charge in [0.25, 0.3) is 0 Å². The average Bonchev–Trinajstić information content (AvgIpc) is 3.17. The maximum absolute atomic E-state index is 12.8. The molecule has 0 unspecified atom stereocenters. The van der Waals surface area contributed by atoms with E-state index in [1.165, 1.54) is 19.3 Å². The van der Waals surface area contributed by atoms with E-state index < -0.39 is 10.0 Å². The van der Waals surface area contributed by atoms with Crippen LogP contribution in [0.2, 0.25) is 0 Å². The van der Waals surface area contributed by atoms with E-state index in [4.69, 9.17) is 0 Å². The molecular weight excluding hydrogens is 324 g/mol. The van der Waals surface area contributed by atoms with Gasteiger partial charge in [-0.05, 0) is 74.1 Å². The molecule has 1 aliphatic heterocycles. The van der Waals surface area contributed by atoms with Gasteiger partial charge in [0, 0.05) is 18.2 Å². The molecule has 1 amide bonds. The number of nitrogens with one attached hydrogen (secondary N) is 2. The molecule has 2 bridgehead atoms. The van der Waals surface area contributed by atoms with E-state index >= 15 is 0 Å². The minimum absolute atomic E-state index is 0.0128. The lowest BCUT2D eigenvalue weighted by Crippen LogP contribution is -2.40. The lowest BCUT2D eigenvalue weighted by atomic mass is 9.84. The minimum atomic E-state index is -3.52. The highest BCUT2D eigenvalue weighted by atomic mass is 32.2. The largest absolute Gasteiger partial charge is 0.326 e. The highest BCUT2D eigenvalue weighted by Gasteiger charge is 2.42. The van der Waals surface area contributed by atoms with Crippen molar-refractivity contribution in [2.45, 2.75) is 56.4 Å². The molecule has 6 heteroatoms. The summed E-state index contributed by atoms with van der Waals surface area (Å²) in [4.78, 5) is 11.7. The third kappa shape index (κ3) is 2.86. The number of aryl methyl sites for hydroxylation is 1. The topological polar surface area (TPSA) is 75.3 Å². The first kappa shape index (κ1) is 16.1. The highest BCUT2D eigenvalue weighted by molar-refractivity contribution is 7.89. The zero-order chi connectivity index (χ0) is 16.9. The number of rotatable bonds is 4. The van der Waals surface area contributed by atoms with E-state index in [2.05, 4.69) is 10.0 Å². The van der Waals surface area contributed by atoms with Gasteiger partial charge in [-0.3, -0.25) is 4.79 Å². The quantitative estimate of drug-likeness (QED) is 0.878. The molecular formula is C18H24N2O3S. The summed E-state index contributed by atoms with van der Waals surface area (Å²) < 4.78 is 28.4. The Morgan fingerprint density at radius 2 is 2.04 bits per heavy atom. The number of sulfonamides is 1. The van der Waals surface area contributed by atoms with Crippen molar-refractivity contribution >= 4 is 21.6 Å². The van der Waals surface area contributed by atoms with Crippen LogP contribution in [0.1, 0.15) is 44.6 Å². The minimum Gasteiger partial charge on any atom is -0.326 e. The SMILES string of the molecule is C[C@@H](NS(=O)(=O)c1ccc2c(c1)CCC(=O)N2)[C@@H]1C[C@H]2CC[C@H]1C2. The summed E-state index contributed by atoms with van der Waals surface area (Å²) >= 11 is 0. The molecule has 5 nitrogen and oxygen atoms in total. The van der Waals surface area contributed by atoms with Gasteiger partial charge in [0.15, 0.2) is 0 Å². The molecule has 2 fully saturated rings. The first-order valence-electron chi connectivity index (χ1n) is 8.87. The van der Waals surface area contributed by atoms with Gasteiger partial charge >= 0.3 is 0 Å². The third-order valence-corrected chi connectivity index (χ3v) is 7.62. The van der Waals surface area contributed by atoms with Crippen molar-refractivity contribution in [3.63, 3.8) is 0 Å². The summed E-state index contributed by atoms with van der Waals surface area (Å²) in [5, 5.41) is 2.79.